The van der Waals surface area contributed by atoms with Gasteiger partial charge in [0.15, 0.2) is 0 Å². The molecule has 1 heterocycles. The first-order valence-electron chi connectivity index (χ1n) is 21.9. The molecule has 344 valence electrons. The van der Waals surface area contributed by atoms with Crippen molar-refractivity contribution < 1.29 is 39.9 Å². The van der Waals surface area contributed by atoms with E-state index >= 15 is 0 Å². The SMILES string of the molecule is CC1CC2(O)CC(C)CC(CNc3ccc(S(=O)(=O)NC(=O)c4ccc(N5CCN(CC6=C(c7ccc(Cl)cc7)CCC(C)(C(C)C)C6)CC5)cc4)cc3S(=O)(=O)C(F)(F)F)(C1)C2. The fourth-order valence-electron chi connectivity index (χ4n) is 11.1. The van der Waals surface area contributed by atoms with Gasteiger partial charge in [-0.2, -0.15) is 13.2 Å². The molecule has 2 saturated carbocycles. The maximum atomic E-state index is 14.0. The number of rotatable bonds is 12. The van der Waals surface area contributed by atoms with Crippen molar-refractivity contribution in [3.05, 3.63) is 88.5 Å². The lowest BCUT2D eigenvalue weighted by atomic mass is 9.55. The summed E-state index contributed by atoms with van der Waals surface area (Å²) in [6, 6.07) is 16.9. The van der Waals surface area contributed by atoms with Crippen molar-refractivity contribution in [1.29, 1.82) is 0 Å². The predicted molar refractivity (Wildman–Crippen MR) is 242 cm³/mol. The number of aliphatic hydroxyl groups is 1. The number of allylic oxidation sites excluding steroid dienone is 1. The molecule has 3 atom stereocenters. The summed E-state index contributed by atoms with van der Waals surface area (Å²) < 4.78 is 96.9. The first-order valence-corrected chi connectivity index (χ1v) is 25.3. The van der Waals surface area contributed by atoms with Gasteiger partial charge in [0.2, 0.25) is 0 Å². The molecule has 3 fully saturated rings. The summed E-state index contributed by atoms with van der Waals surface area (Å²) in [5.41, 5.74) is -2.41. The molecule has 1 saturated heterocycles. The van der Waals surface area contributed by atoms with Gasteiger partial charge in [-0.05, 0) is 146 Å². The van der Waals surface area contributed by atoms with Gasteiger partial charge in [0.05, 0.1) is 16.2 Å². The fraction of sp³-hybridized carbons (Fsp3) is 0.553. The maximum absolute atomic E-state index is 14.0. The average molecular weight is 934 g/mol. The van der Waals surface area contributed by atoms with Crippen LogP contribution in [0.2, 0.25) is 5.02 Å². The molecule has 0 radical (unpaired) electrons. The Morgan fingerprint density at radius 1 is 0.905 bits per heavy atom. The monoisotopic (exact) mass is 932 g/mol. The summed E-state index contributed by atoms with van der Waals surface area (Å²) in [5, 5.41) is 14.9. The van der Waals surface area contributed by atoms with Gasteiger partial charge in [-0.3, -0.25) is 9.69 Å². The van der Waals surface area contributed by atoms with Crippen LogP contribution >= 0.6 is 11.6 Å². The van der Waals surface area contributed by atoms with Crippen LogP contribution in [0.15, 0.2) is 82.1 Å². The van der Waals surface area contributed by atoms with E-state index in [-0.39, 0.29) is 29.4 Å². The number of nitrogens with one attached hydrogen (secondary N) is 2. The summed E-state index contributed by atoms with van der Waals surface area (Å²) in [6.45, 7) is 15.1. The van der Waals surface area contributed by atoms with Crippen LogP contribution in [0.3, 0.4) is 0 Å². The zero-order valence-corrected chi connectivity index (χ0v) is 39.1. The molecule has 3 aromatic carbocycles. The second-order valence-corrected chi connectivity index (χ2v) is 23.7. The van der Waals surface area contributed by atoms with Gasteiger partial charge in [-0.25, -0.2) is 21.6 Å². The number of benzene rings is 3. The Morgan fingerprint density at radius 3 is 2.11 bits per heavy atom. The van der Waals surface area contributed by atoms with Crippen molar-refractivity contribution in [2.75, 3.05) is 49.5 Å². The third-order valence-electron chi connectivity index (χ3n) is 14.3. The summed E-state index contributed by atoms with van der Waals surface area (Å²) in [5.74, 6) is -0.186. The molecular formula is C47H60ClF3N4O6S2. The third-order valence-corrected chi connectivity index (χ3v) is 17.4. The van der Waals surface area contributed by atoms with E-state index in [0.717, 1.165) is 69.8 Å². The number of nitrogens with zero attached hydrogens (tertiary/aromatic N) is 2. The van der Waals surface area contributed by atoms with Crippen LogP contribution in [0.4, 0.5) is 24.5 Å². The summed E-state index contributed by atoms with van der Waals surface area (Å²) in [6.07, 6.45) is 6.20. The number of piperazine rings is 1. The molecule has 16 heteroatoms. The Balaban J connectivity index is 1.01. The normalized spacial score (nSPS) is 27.4. The number of sulfonamides is 1. The lowest BCUT2D eigenvalue weighted by Crippen LogP contribution is -2.52. The molecule has 63 heavy (non-hydrogen) atoms. The lowest BCUT2D eigenvalue weighted by Gasteiger charge is -2.54. The number of fused-ring (bicyclic) bond motifs is 2. The Kier molecular flexibility index (Phi) is 13.3. The van der Waals surface area contributed by atoms with Crippen LogP contribution in [0.1, 0.15) is 102 Å². The van der Waals surface area contributed by atoms with E-state index < -0.39 is 57.8 Å². The van der Waals surface area contributed by atoms with E-state index in [0.29, 0.717) is 49.1 Å². The van der Waals surface area contributed by atoms with E-state index in [2.05, 4.69) is 48.0 Å². The molecule has 3 unspecified atom stereocenters. The minimum Gasteiger partial charge on any atom is -0.390 e. The smallest absolute Gasteiger partial charge is 0.390 e. The minimum absolute atomic E-state index is 0.00261. The molecule has 1 aliphatic heterocycles. The van der Waals surface area contributed by atoms with E-state index in [1.165, 1.54) is 28.8 Å². The number of amides is 1. The van der Waals surface area contributed by atoms with Crippen molar-refractivity contribution in [2.24, 2.45) is 28.6 Å². The van der Waals surface area contributed by atoms with Gasteiger partial charge in [-0.1, -0.05) is 63.9 Å². The number of carbonyl (C=O) groups excluding carboxylic acids is 1. The zero-order valence-electron chi connectivity index (χ0n) is 36.7. The summed E-state index contributed by atoms with van der Waals surface area (Å²) in [4.78, 5) is 15.9. The lowest BCUT2D eigenvalue weighted by molar-refractivity contribution is -0.115. The molecule has 10 nitrogen and oxygen atoms in total. The number of alkyl halides is 3. The van der Waals surface area contributed by atoms with Gasteiger partial charge in [0, 0.05) is 55.5 Å². The van der Waals surface area contributed by atoms with Gasteiger partial charge >= 0.3 is 5.51 Å². The molecule has 7 rings (SSSR count). The van der Waals surface area contributed by atoms with Crippen molar-refractivity contribution in [3.63, 3.8) is 0 Å². The number of carbonyl (C=O) groups is 1. The second-order valence-electron chi connectivity index (χ2n) is 19.7. The zero-order chi connectivity index (χ0) is 45.8. The van der Waals surface area contributed by atoms with Gasteiger partial charge < -0.3 is 15.3 Å². The van der Waals surface area contributed by atoms with Crippen LogP contribution < -0.4 is 14.9 Å². The van der Waals surface area contributed by atoms with Crippen LogP contribution in [-0.4, -0.2) is 83.1 Å². The molecule has 3 aromatic rings. The number of anilines is 2. The van der Waals surface area contributed by atoms with E-state index in [4.69, 9.17) is 11.6 Å². The van der Waals surface area contributed by atoms with Crippen molar-refractivity contribution >= 4 is 54.3 Å². The largest absolute Gasteiger partial charge is 0.501 e. The number of hydrogen-bond acceptors (Lipinski definition) is 9. The van der Waals surface area contributed by atoms with Gasteiger partial charge in [0.25, 0.3) is 25.8 Å². The van der Waals surface area contributed by atoms with Crippen molar-refractivity contribution in [1.82, 2.24) is 9.62 Å². The first-order chi connectivity index (χ1) is 29.4. The van der Waals surface area contributed by atoms with Crippen LogP contribution in [0.25, 0.3) is 5.57 Å². The average Bonchev–Trinajstić information content (AvgIpc) is 3.19. The van der Waals surface area contributed by atoms with Gasteiger partial charge in [-0.15, -0.1) is 0 Å². The Bertz CT molecular complexity index is 2420. The molecule has 3 aliphatic carbocycles. The highest BCUT2D eigenvalue weighted by Gasteiger charge is 2.52. The minimum atomic E-state index is -6.03. The second kappa shape index (κ2) is 17.6. The van der Waals surface area contributed by atoms with Gasteiger partial charge in [0.1, 0.15) is 4.90 Å². The highest BCUT2D eigenvalue weighted by Crippen LogP contribution is 2.55. The van der Waals surface area contributed by atoms with Crippen LogP contribution in [0, 0.1) is 28.6 Å². The van der Waals surface area contributed by atoms with Crippen molar-refractivity contribution in [3.8, 4) is 0 Å². The van der Waals surface area contributed by atoms with E-state index in [1.807, 2.05) is 30.7 Å². The van der Waals surface area contributed by atoms with E-state index in [9.17, 15) is 39.9 Å². The standard InChI is InChI=1S/C47H60ClF3N4O6S2/c1-31(2)44(5)17-16-40(34-6-10-37(48)11-7-34)36(27-44)28-54-18-20-55(21-19-54)38-12-8-35(9-13-38)43(56)53-63(60,61)39-14-15-41(42(22-39)62(58,59)47(49,50)51)52-30-45-23-32(3)25-46(57,29-45)26-33(4)24-45/h6-15,22,31-33,52,57H,16-21,23-30H2,1-5H3,(H,53,56). The number of halogens is 4. The molecule has 3 N–H and O–H groups in total. The van der Waals surface area contributed by atoms with Crippen molar-refractivity contribution in [2.45, 2.75) is 107 Å². The number of sulfone groups is 1. The number of hydrogen-bond donors (Lipinski definition) is 3. The topological polar surface area (TPSA) is 136 Å². The first kappa shape index (κ1) is 47.3. The Hall–Kier alpha value is -3.63. The Labute approximate surface area is 375 Å². The molecule has 2 bridgehead atoms. The predicted octanol–water partition coefficient (Wildman–Crippen LogP) is 9.55. The molecule has 0 aromatic heterocycles. The fourth-order valence-corrected chi connectivity index (χ4v) is 13.3. The highest BCUT2D eigenvalue weighted by atomic mass is 35.5. The van der Waals surface area contributed by atoms with Crippen LogP contribution in [-0.2, 0) is 19.9 Å². The Morgan fingerprint density at radius 2 is 1.52 bits per heavy atom. The third kappa shape index (κ3) is 10.3. The quantitative estimate of drug-likeness (QED) is 0.162. The van der Waals surface area contributed by atoms with Crippen LogP contribution in [0.5, 0.6) is 0 Å². The molecular weight excluding hydrogens is 873 g/mol. The summed E-state index contributed by atoms with van der Waals surface area (Å²) in [7, 11) is -10.9. The molecule has 0 spiro atoms. The summed E-state index contributed by atoms with van der Waals surface area (Å²) >= 11 is 6.22. The van der Waals surface area contributed by atoms with E-state index in [1.54, 1.807) is 12.1 Å². The molecule has 4 aliphatic rings. The maximum Gasteiger partial charge on any atom is 0.501 e. The highest BCUT2D eigenvalue weighted by molar-refractivity contribution is 7.92. The molecule has 1 amide bonds.